The van der Waals surface area contributed by atoms with E-state index in [0.29, 0.717) is 5.56 Å². The molecule has 0 amide bonds. The SMILES string of the molecule is N#CCC#N.O=C1c2cc([N+](=O)[O-])ccc2-c2ccc([N+](=O)[O-])c(C(=O)O)c21. The van der Waals surface area contributed by atoms with Gasteiger partial charge in [0.15, 0.2) is 5.78 Å². The predicted molar refractivity (Wildman–Crippen MR) is 91.4 cm³/mol. The molecular weight excluding hydrogens is 372 g/mol. The molecule has 11 nitrogen and oxygen atoms in total. The summed E-state index contributed by atoms with van der Waals surface area (Å²) in [6.07, 6.45) is 0. The van der Waals surface area contributed by atoms with Gasteiger partial charge in [0, 0.05) is 23.8 Å². The summed E-state index contributed by atoms with van der Waals surface area (Å²) >= 11 is 0. The van der Waals surface area contributed by atoms with Crippen molar-refractivity contribution in [1.82, 2.24) is 0 Å². The Morgan fingerprint density at radius 1 is 1.00 bits per heavy atom. The molecule has 0 saturated carbocycles. The molecule has 0 aromatic heterocycles. The molecule has 1 N–H and O–H groups in total. The third kappa shape index (κ3) is 3.36. The van der Waals surface area contributed by atoms with Gasteiger partial charge >= 0.3 is 5.97 Å². The summed E-state index contributed by atoms with van der Waals surface area (Å²) < 4.78 is 0. The lowest BCUT2D eigenvalue weighted by Crippen LogP contribution is -2.10. The van der Waals surface area contributed by atoms with Crippen LogP contribution in [-0.4, -0.2) is 26.7 Å². The largest absolute Gasteiger partial charge is 0.477 e. The summed E-state index contributed by atoms with van der Waals surface area (Å²) in [6.45, 7) is 0. The Hall–Kier alpha value is -4.64. The van der Waals surface area contributed by atoms with Gasteiger partial charge in [-0.25, -0.2) is 4.79 Å². The van der Waals surface area contributed by atoms with E-state index in [4.69, 9.17) is 10.5 Å². The number of rotatable bonds is 3. The fourth-order valence-electron chi connectivity index (χ4n) is 2.66. The van der Waals surface area contributed by atoms with E-state index < -0.39 is 32.9 Å². The summed E-state index contributed by atoms with van der Waals surface area (Å²) in [7, 11) is 0. The van der Waals surface area contributed by atoms with Crippen LogP contribution in [0.1, 0.15) is 32.7 Å². The number of aromatic carboxylic acids is 1. The number of carbonyl (C=O) groups excluding carboxylic acids is 1. The highest BCUT2D eigenvalue weighted by Gasteiger charge is 2.37. The summed E-state index contributed by atoms with van der Waals surface area (Å²) in [5.74, 6) is -2.39. The molecule has 1 aliphatic carbocycles. The van der Waals surface area contributed by atoms with Gasteiger partial charge in [0.1, 0.15) is 12.0 Å². The van der Waals surface area contributed by atoms with Crippen LogP contribution in [0.25, 0.3) is 11.1 Å². The number of nitro groups is 2. The van der Waals surface area contributed by atoms with Crippen LogP contribution < -0.4 is 0 Å². The van der Waals surface area contributed by atoms with E-state index in [1.54, 1.807) is 12.1 Å². The highest BCUT2D eigenvalue weighted by Crippen LogP contribution is 2.42. The van der Waals surface area contributed by atoms with E-state index in [-0.39, 0.29) is 28.8 Å². The number of carboxylic acids is 1. The number of carbonyl (C=O) groups is 2. The van der Waals surface area contributed by atoms with Gasteiger partial charge in [-0.3, -0.25) is 25.0 Å². The molecule has 0 unspecified atom stereocenters. The molecule has 2 aromatic carbocycles. The Labute approximate surface area is 156 Å². The van der Waals surface area contributed by atoms with E-state index >= 15 is 0 Å². The molecule has 0 radical (unpaired) electrons. The van der Waals surface area contributed by atoms with Crippen LogP contribution in [0.4, 0.5) is 11.4 Å². The molecular formula is C17H8N4O7. The first-order valence-electron chi connectivity index (χ1n) is 7.36. The van der Waals surface area contributed by atoms with Gasteiger partial charge in [0.2, 0.25) is 0 Å². The number of nitrogens with zero attached hydrogens (tertiary/aromatic N) is 4. The van der Waals surface area contributed by atoms with Crippen LogP contribution in [0.15, 0.2) is 30.3 Å². The van der Waals surface area contributed by atoms with Gasteiger partial charge in [0.25, 0.3) is 11.4 Å². The molecule has 138 valence electrons. The second-order valence-electron chi connectivity index (χ2n) is 5.25. The zero-order valence-electron chi connectivity index (χ0n) is 13.8. The molecule has 1 aliphatic rings. The lowest BCUT2D eigenvalue weighted by atomic mass is 9.99. The first-order valence-corrected chi connectivity index (χ1v) is 7.36. The van der Waals surface area contributed by atoms with Gasteiger partial charge in [-0.2, -0.15) is 10.5 Å². The van der Waals surface area contributed by atoms with Crippen LogP contribution in [0.2, 0.25) is 0 Å². The molecule has 11 heteroatoms. The molecule has 0 bridgehead atoms. The number of non-ortho nitro benzene ring substituents is 1. The zero-order chi connectivity index (χ0) is 21.0. The van der Waals surface area contributed by atoms with Gasteiger partial charge in [-0.15, -0.1) is 0 Å². The van der Waals surface area contributed by atoms with Crippen molar-refractivity contribution in [2.24, 2.45) is 0 Å². The lowest BCUT2D eigenvalue weighted by molar-refractivity contribution is -0.385. The number of fused-ring (bicyclic) bond motifs is 3. The van der Waals surface area contributed by atoms with Crippen LogP contribution >= 0.6 is 0 Å². The summed E-state index contributed by atoms with van der Waals surface area (Å²) in [5, 5.41) is 46.2. The van der Waals surface area contributed by atoms with Gasteiger partial charge in [0.05, 0.1) is 27.5 Å². The Bertz CT molecular complexity index is 1110. The molecule has 0 atom stereocenters. The average Bonchev–Trinajstić information content (AvgIpc) is 2.94. The Morgan fingerprint density at radius 3 is 2.07 bits per heavy atom. The Balaban J connectivity index is 0.000000500. The first-order chi connectivity index (χ1) is 13.2. The number of hydrogen-bond donors (Lipinski definition) is 1. The Kier molecular flexibility index (Phi) is 5.42. The fraction of sp³-hybridized carbons (Fsp3) is 0.0588. The van der Waals surface area contributed by atoms with Crippen molar-refractivity contribution in [1.29, 1.82) is 10.5 Å². The van der Waals surface area contributed by atoms with Crippen LogP contribution in [0.5, 0.6) is 0 Å². The number of benzene rings is 2. The highest BCUT2D eigenvalue weighted by molar-refractivity contribution is 6.26. The number of hydrogen-bond acceptors (Lipinski definition) is 8. The molecule has 0 spiro atoms. The Morgan fingerprint density at radius 2 is 1.61 bits per heavy atom. The van der Waals surface area contributed by atoms with E-state index in [2.05, 4.69) is 0 Å². The van der Waals surface area contributed by atoms with Crippen LogP contribution in [0, 0.1) is 42.9 Å². The number of carboxylic acid groups (broad SMARTS) is 1. The van der Waals surface area contributed by atoms with Crippen molar-refractivity contribution in [2.75, 3.05) is 0 Å². The molecule has 28 heavy (non-hydrogen) atoms. The highest BCUT2D eigenvalue weighted by atomic mass is 16.6. The minimum atomic E-state index is -1.61. The van der Waals surface area contributed by atoms with Crippen molar-refractivity contribution >= 4 is 23.1 Å². The molecule has 0 heterocycles. The average molecular weight is 380 g/mol. The molecule has 2 aromatic rings. The molecule has 0 aliphatic heterocycles. The number of nitro benzene ring substituents is 2. The smallest absolute Gasteiger partial charge is 0.343 e. The maximum atomic E-state index is 12.5. The minimum absolute atomic E-state index is 0. The van der Waals surface area contributed by atoms with Gasteiger partial charge in [-0.1, -0.05) is 0 Å². The van der Waals surface area contributed by atoms with Crippen molar-refractivity contribution in [2.45, 2.75) is 6.42 Å². The van der Waals surface area contributed by atoms with E-state index in [1.165, 1.54) is 18.2 Å². The molecule has 0 fully saturated rings. The zero-order valence-corrected chi connectivity index (χ0v) is 13.8. The second-order valence-corrected chi connectivity index (χ2v) is 5.25. The molecule has 3 rings (SSSR count). The summed E-state index contributed by atoms with van der Waals surface area (Å²) in [6, 6.07) is 9.14. The van der Waals surface area contributed by atoms with E-state index in [0.717, 1.165) is 12.1 Å². The summed E-state index contributed by atoms with van der Waals surface area (Å²) in [4.78, 5) is 44.1. The molecule has 0 saturated heterocycles. The maximum absolute atomic E-state index is 12.5. The van der Waals surface area contributed by atoms with E-state index in [1.807, 2.05) is 0 Å². The normalized spacial score (nSPS) is 10.4. The summed E-state index contributed by atoms with van der Waals surface area (Å²) in [5.41, 5.74) is -1.57. The van der Waals surface area contributed by atoms with Gasteiger partial charge < -0.3 is 5.11 Å². The second kappa shape index (κ2) is 7.72. The lowest BCUT2D eigenvalue weighted by Gasteiger charge is -2.04. The third-order valence-corrected chi connectivity index (χ3v) is 3.73. The third-order valence-electron chi connectivity index (χ3n) is 3.73. The van der Waals surface area contributed by atoms with Crippen molar-refractivity contribution < 1.29 is 24.5 Å². The van der Waals surface area contributed by atoms with E-state index in [9.17, 15) is 34.9 Å². The minimum Gasteiger partial charge on any atom is -0.477 e. The van der Waals surface area contributed by atoms with Crippen LogP contribution in [-0.2, 0) is 0 Å². The topological polar surface area (TPSA) is 188 Å². The number of nitriles is 2. The predicted octanol–water partition coefficient (Wildman–Crippen LogP) is 2.84. The fourth-order valence-corrected chi connectivity index (χ4v) is 2.66. The monoisotopic (exact) mass is 380 g/mol. The number of ketones is 1. The van der Waals surface area contributed by atoms with Crippen molar-refractivity contribution in [3.05, 3.63) is 67.3 Å². The van der Waals surface area contributed by atoms with Gasteiger partial charge in [-0.05, 0) is 23.3 Å². The van der Waals surface area contributed by atoms with Crippen molar-refractivity contribution in [3.8, 4) is 23.3 Å². The van der Waals surface area contributed by atoms with Crippen LogP contribution in [0.3, 0.4) is 0 Å². The quantitative estimate of drug-likeness (QED) is 0.526. The maximum Gasteiger partial charge on any atom is 0.343 e. The van der Waals surface area contributed by atoms with Crippen molar-refractivity contribution in [3.63, 3.8) is 0 Å². The standard InChI is InChI=1S/C14H6N2O7.C3H2N2/c17-13-9-5-6(15(20)21)1-2-7(9)8-3-4-10(16(22)23)12(11(8)13)14(18)19;4-2-1-3-5/h1-5H,(H,18,19);1H2. The first kappa shape index (κ1) is 19.7.